The van der Waals surface area contributed by atoms with Gasteiger partial charge < -0.3 is 10.1 Å². The number of aryl methyl sites for hydroxylation is 1. The van der Waals surface area contributed by atoms with Crippen molar-refractivity contribution < 1.29 is 9.53 Å². The van der Waals surface area contributed by atoms with E-state index in [1.165, 1.54) is 13.3 Å². The monoisotopic (exact) mass is 270 g/mol. The predicted molar refractivity (Wildman–Crippen MR) is 73.6 cm³/mol. The van der Waals surface area contributed by atoms with Crippen molar-refractivity contribution in [2.75, 3.05) is 12.4 Å². The largest absolute Gasteiger partial charge is 0.495 e. The molecule has 1 amide bonds. The van der Waals surface area contributed by atoms with Crippen LogP contribution in [0.5, 0.6) is 5.75 Å². The molecule has 0 aliphatic carbocycles. The first kappa shape index (κ1) is 13.6. The second kappa shape index (κ2) is 5.45. The first-order valence-corrected chi connectivity index (χ1v) is 5.95. The average Bonchev–Trinajstić information content (AvgIpc) is 2.79. The van der Waals surface area contributed by atoms with Crippen LogP contribution in [-0.2, 0) is 7.05 Å². The number of hydrogen-bond acceptors (Lipinski definition) is 4. The van der Waals surface area contributed by atoms with Gasteiger partial charge >= 0.3 is 0 Å². The summed E-state index contributed by atoms with van der Waals surface area (Å²) in [6, 6.07) is 6.85. The highest BCUT2D eigenvalue weighted by molar-refractivity contribution is 6.05. The van der Waals surface area contributed by atoms with Gasteiger partial charge in [-0.25, -0.2) is 0 Å². The number of methoxy groups -OCH3 is 1. The fourth-order valence-electron chi connectivity index (χ4n) is 1.78. The van der Waals surface area contributed by atoms with Gasteiger partial charge in [0.05, 0.1) is 36.2 Å². The van der Waals surface area contributed by atoms with E-state index < -0.39 is 0 Å². The zero-order chi connectivity index (χ0) is 14.7. The zero-order valence-corrected chi connectivity index (χ0v) is 11.5. The van der Waals surface area contributed by atoms with E-state index >= 15 is 0 Å². The smallest absolute Gasteiger partial charge is 0.259 e. The Hall–Kier alpha value is -2.81. The lowest BCUT2D eigenvalue weighted by Gasteiger charge is -2.10. The molecule has 20 heavy (non-hydrogen) atoms. The molecule has 6 nitrogen and oxygen atoms in total. The van der Waals surface area contributed by atoms with Crippen LogP contribution >= 0.6 is 0 Å². The molecule has 2 aromatic rings. The summed E-state index contributed by atoms with van der Waals surface area (Å²) < 4.78 is 6.80. The number of amides is 1. The maximum Gasteiger partial charge on any atom is 0.259 e. The molecular weight excluding hydrogens is 256 g/mol. The summed E-state index contributed by atoms with van der Waals surface area (Å²) in [7, 11) is 3.26. The van der Waals surface area contributed by atoms with Crippen molar-refractivity contribution >= 4 is 11.6 Å². The lowest BCUT2D eigenvalue weighted by Crippen LogP contribution is -2.13. The number of carbonyl (C=O) groups is 1. The Labute approximate surface area is 116 Å². The van der Waals surface area contributed by atoms with Gasteiger partial charge in [-0.3, -0.25) is 9.48 Å². The van der Waals surface area contributed by atoms with Gasteiger partial charge in [-0.15, -0.1) is 0 Å². The number of anilines is 1. The van der Waals surface area contributed by atoms with Crippen LogP contribution in [0.2, 0.25) is 0 Å². The fourth-order valence-corrected chi connectivity index (χ4v) is 1.78. The summed E-state index contributed by atoms with van der Waals surface area (Å²) in [5.74, 6) is 0.178. The van der Waals surface area contributed by atoms with Crippen LogP contribution in [0.4, 0.5) is 5.69 Å². The molecule has 1 aromatic carbocycles. The number of hydrogen-bond donors (Lipinski definition) is 1. The minimum atomic E-state index is -0.265. The van der Waals surface area contributed by atoms with Crippen molar-refractivity contribution in [3.63, 3.8) is 0 Å². The number of ether oxygens (including phenoxy) is 1. The SMILES string of the molecule is COc1cc(C#N)ccc1NC(=O)c1cnn(C)c1C. The maximum atomic E-state index is 12.2. The van der Waals surface area contributed by atoms with Gasteiger partial charge in [-0.2, -0.15) is 10.4 Å². The number of benzene rings is 1. The molecule has 0 aliphatic heterocycles. The highest BCUT2D eigenvalue weighted by Crippen LogP contribution is 2.26. The molecule has 0 radical (unpaired) electrons. The number of nitrogens with one attached hydrogen (secondary N) is 1. The van der Waals surface area contributed by atoms with E-state index in [1.807, 2.05) is 13.0 Å². The van der Waals surface area contributed by atoms with Crippen molar-refractivity contribution in [1.82, 2.24) is 9.78 Å². The molecular formula is C14H14N4O2. The molecule has 1 aromatic heterocycles. The van der Waals surface area contributed by atoms with Gasteiger partial charge in [0.2, 0.25) is 0 Å². The Kier molecular flexibility index (Phi) is 3.71. The normalized spacial score (nSPS) is 9.90. The molecule has 6 heteroatoms. The molecule has 1 heterocycles. The first-order valence-electron chi connectivity index (χ1n) is 5.95. The van der Waals surface area contributed by atoms with E-state index in [0.29, 0.717) is 22.6 Å². The van der Waals surface area contributed by atoms with Gasteiger partial charge in [0.25, 0.3) is 5.91 Å². The Bertz CT molecular complexity index is 698. The van der Waals surface area contributed by atoms with Gasteiger partial charge in [0.15, 0.2) is 0 Å². The highest BCUT2D eigenvalue weighted by Gasteiger charge is 2.15. The van der Waals surface area contributed by atoms with Crippen molar-refractivity contribution in [2.24, 2.45) is 7.05 Å². The Morgan fingerprint density at radius 3 is 2.80 bits per heavy atom. The van der Waals surface area contributed by atoms with Crippen molar-refractivity contribution in [2.45, 2.75) is 6.92 Å². The molecule has 2 rings (SSSR count). The third kappa shape index (κ3) is 2.47. The van der Waals surface area contributed by atoms with E-state index in [-0.39, 0.29) is 5.91 Å². The zero-order valence-electron chi connectivity index (χ0n) is 11.5. The van der Waals surface area contributed by atoms with Crippen molar-refractivity contribution in [3.8, 4) is 11.8 Å². The summed E-state index contributed by atoms with van der Waals surface area (Å²) in [6.07, 6.45) is 1.51. The Morgan fingerprint density at radius 1 is 1.50 bits per heavy atom. The molecule has 0 fully saturated rings. The number of aromatic nitrogens is 2. The second-order valence-electron chi connectivity index (χ2n) is 4.25. The molecule has 0 saturated heterocycles. The van der Waals surface area contributed by atoms with E-state index in [2.05, 4.69) is 10.4 Å². The summed E-state index contributed by atoms with van der Waals surface area (Å²) in [5.41, 5.74) is 2.26. The van der Waals surface area contributed by atoms with Crippen LogP contribution in [0.15, 0.2) is 24.4 Å². The number of carbonyl (C=O) groups excluding carboxylic acids is 1. The van der Waals surface area contributed by atoms with Gasteiger partial charge in [-0.1, -0.05) is 0 Å². The molecule has 0 atom stereocenters. The lowest BCUT2D eigenvalue weighted by molar-refractivity contribution is 0.102. The van der Waals surface area contributed by atoms with Crippen LogP contribution < -0.4 is 10.1 Å². The second-order valence-corrected chi connectivity index (χ2v) is 4.25. The van der Waals surface area contributed by atoms with E-state index in [0.717, 1.165) is 5.69 Å². The van der Waals surface area contributed by atoms with Gasteiger partial charge in [0, 0.05) is 18.8 Å². The maximum absolute atomic E-state index is 12.2. The summed E-state index contributed by atoms with van der Waals surface area (Å²) in [6.45, 7) is 1.82. The molecule has 0 aliphatic rings. The van der Waals surface area contributed by atoms with Crippen molar-refractivity contribution in [1.29, 1.82) is 5.26 Å². The summed E-state index contributed by atoms with van der Waals surface area (Å²) in [5, 5.41) is 15.6. The molecule has 1 N–H and O–H groups in total. The average molecular weight is 270 g/mol. The first-order chi connectivity index (χ1) is 9.56. The quantitative estimate of drug-likeness (QED) is 0.923. The third-order valence-corrected chi connectivity index (χ3v) is 3.06. The lowest BCUT2D eigenvalue weighted by atomic mass is 10.2. The molecule has 0 unspecified atom stereocenters. The number of nitrogens with zero attached hydrogens (tertiary/aromatic N) is 3. The van der Waals surface area contributed by atoms with Gasteiger partial charge in [0.1, 0.15) is 5.75 Å². The third-order valence-electron chi connectivity index (χ3n) is 3.06. The summed E-state index contributed by atoms with van der Waals surface area (Å²) in [4.78, 5) is 12.2. The Morgan fingerprint density at radius 2 is 2.25 bits per heavy atom. The highest BCUT2D eigenvalue weighted by atomic mass is 16.5. The molecule has 0 saturated carbocycles. The van der Waals surface area contributed by atoms with Crippen LogP contribution in [-0.4, -0.2) is 22.8 Å². The molecule has 102 valence electrons. The number of nitriles is 1. The minimum Gasteiger partial charge on any atom is -0.495 e. The summed E-state index contributed by atoms with van der Waals surface area (Å²) >= 11 is 0. The minimum absolute atomic E-state index is 0.265. The topological polar surface area (TPSA) is 79.9 Å². The standard InChI is InChI=1S/C14H14N4O2/c1-9-11(8-16-18(9)2)14(19)17-12-5-4-10(7-15)6-13(12)20-3/h4-6,8H,1-3H3,(H,17,19). The van der Waals surface area contributed by atoms with Gasteiger partial charge in [-0.05, 0) is 19.1 Å². The molecule has 0 spiro atoms. The Balaban J connectivity index is 2.28. The van der Waals surface area contributed by atoms with Crippen LogP contribution in [0.1, 0.15) is 21.6 Å². The van der Waals surface area contributed by atoms with E-state index in [4.69, 9.17) is 10.00 Å². The van der Waals surface area contributed by atoms with E-state index in [9.17, 15) is 4.79 Å². The number of rotatable bonds is 3. The fraction of sp³-hybridized carbons (Fsp3) is 0.214. The van der Waals surface area contributed by atoms with Crippen LogP contribution in [0, 0.1) is 18.3 Å². The predicted octanol–water partition coefficient (Wildman–Crippen LogP) is 1.86. The van der Waals surface area contributed by atoms with E-state index in [1.54, 1.807) is 29.9 Å². The van der Waals surface area contributed by atoms with Crippen LogP contribution in [0.25, 0.3) is 0 Å². The van der Waals surface area contributed by atoms with Crippen molar-refractivity contribution in [3.05, 3.63) is 41.2 Å². The van der Waals surface area contributed by atoms with Crippen LogP contribution in [0.3, 0.4) is 0 Å². The molecule has 0 bridgehead atoms.